The Morgan fingerprint density at radius 2 is 2.00 bits per heavy atom. The van der Waals surface area contributed by atoms with Crippen LogP contribution in [-0.4, -0.2) is 69.0 Å². The van der Waals surface area contributed by atoms with Gasteiger partial charge < -0.3 is 15.2 Å². The summed E-state index contributed by atoms with van der Waals surface area (Å²) in [5.41, 5.74) is -0.786. The topological polar surface area (TPSA) is 113 Å². The molecule has 3 rings (SSSR count). The molecule has 1 aromatic rings. The molecule has 10 heteroatoms. The van der Waals surface area contributed by atoms with Gasteiger partial charge in [-0.15, -0.1) is 11.8 Å². The first kappa shape index (κ1) is 22.6. The van der Waals surface area contributed by atoms with Gasteiger partial charge in [-0.2, -0.15) is 0 Å². The lowest BCUT2D eigenvalue weighted by atomic mass is 10.1. The minimum atomic E-state index is -1.57. The lowest BCUT2D eigenvalue weighted by Gasteiger charge is -2.47. The van der Waals surface area contributed by atoms with Crippen LogP contribution < -0.4 is 5.32 Å². The van der Waals surface area contributed by atoms with E-state index in [1.165, 1.54) is 0 Å². The smallest absolute Gasteiger partial charge is 0.342 e. The summed E-state index contributed by atoms with van der Waals surface area (Å²) in [6, 6.07) is 8.10. The van der Waals surface area contributed by atoms with Gasteiger partial charge in [-0.1, -0.05) is 41.9 Å². The van der Waals surface area contributed by atoms with Crippen LogP contribution in [0.1, 0.15) is 24.8 Å². The average Bonchev–Trinajstić information content (AvgIpc) is 2.75. The number of carboxylic acid groups (broad SMARTS) is 1. The molecule has 2 heterocycles. The molecular weight excluding hydrogens is 432 g/mol. The number of aliphatic carboxylic acids is 1. The SMILES string of the molecule is O=C(Cc1ccccc1)N[C@@H]1C(=O)N([C@@H](Cl)C(=O)O)[C@@H]1SCC(=O)[C@H]1CCCCO1. The molecule has 2 aliphatic rings. The molecule has 2 saturated heterocycles. The van der Waals surface area contributed by atoms with Gasteiger partial charge in [0.2, 0.25) is 11.4 Å². The predicted octanol–water partition coefficient (Wildman–Crippen LogP) is 1.40. The molecule has 2 aliphatic heterocycles. The maximum Gasteiger partial charge on any atom is 0.342 e. The van der Waals surface area contributed by atoms with E-state index in [-0.39, 0.29) is 23.9 Å². The molecule has 0 radical (unpaired) electrons. The van der Waals surface area contributed by atoms with Crippen molar-refractivity contribution < 1.29 is 29.0 Å². The number of rotatable bonds is 9. The van der Waals surface area contributed by atoms with Crippen LogP contribution in [0.2, 0.25) is 0 Å². The zero-order chi connectivity index (χ0) is 21.7. The van der Waals surface area contributed by atoms with Gasteiger partial charge >= 0.3 is 5.97 Å². The average molecular weight is 455 g/mol. The van der Waals surface area contributed by atoms with Gasteiger partial charge in [-0.05, 0) is 24.8 Å². The van der Waals surface area contributed by atoms with Gasteiger partial charge in [0.15, 0.2) is 5.78 Å². The molecule has 0 aliphatic carbocycles. The molecule has 0 aromatic heterocycles. The van der Waals surface area contributed by atoms with Gasteiger partial charge in [0, 0.05) is 6.61 Å². The molecule has 0 bridgehead atoms. The lowest BCUT2D eigenvalue weighted by molar-refractivity contribution is -0.157. The summed E-state index contributed by atoms with van der Waals surface area (Å²) >= 11 is 6.96. The maximum absolute atomic E-state index is 12.5. The molecule has 0 spiro atoms. The van der Waals surface area contributed by atoms with E-state index in [0.717, 1.165) is 35.1 Å². The number of nitrogens with one attached hydrogen (secondary N) is 1. The third-order valence-electron chi connectivity index (χ3n) is 4.99. The molecule has 2 fully saturated rings. The van der Waals surface area contributed by atoms with E-state index in [4.69, 9.17) is 16.3 Å². The number of Topliss-reactive ketones (excluding diaryl/α,β-unsaturated/α-hetero) is 1. The zero-order valence-electron chi connectivity index (χ0n) is 16.2. The molecule has 162 valence electrons. The molecule has 30 heavy (non-hydrogen) atoms. The van der Waals surface area contributed by atoms with Crippen LogP contribution in [-0.2, 0) is 30.3 Å². The first-order chi connectivity index (χ1) is 14.4. The lowest BCUT2D eigenvalue weighted by Crippen LogP contribution is -2.72. The van der Waals surface area contributed by atoms with Crippen LogP contribution in [0.25, 0.3) is 0 Å². The first-order valence-electron chi connectivity index (χ1n) is 9.66. The zero-order valence-corrected chi connectivity index (χ0v) is 17.7. The summed E-state index contributed by atoms with van der Waals surface area (Å²) in [7, 11) is 0. The molecular formula is C20H23ClN2O6S. The van der Waals surface area contributed by atoms with Crippen molar-refractivity contribution in [1.29, 1.82) is 0 Å². The van der Waals surface area contributed by atoms with Crippen molar-refractivity contribution in [3.8, 4) is 0 Å². The number of nitrogens with zero attached hydrogens (tertiary/aromatic N) is 1. The highest BCUT2D eigenvalue weighted by atomic mass is 35.5. The molecule has 0 saturated carbocycles. The second-order valence-corrected chi connectivity index (χ2v) is 8.67. The Morgan fingerprint density at radius 3 is 2.63 bits per heavy atom. The maximum atomic E-state index is 12.5. The predicted molar refractivity (Wildman–Crippen MR) is 111 cm³/mol. The van der Waals surface area contributed by atoms with Crippen molar-refractivity contribution in [2.45, 2.75) is 48.7 Å². The van der Waals surface area contributed by atoms with Crippen LogP contribution in [0, 0.1) is 0 Å². The van der Waals surface area contributed by atoms with Gasteiger partial charge in [0.25, 0.3) is 5.91 Å². The third-order valence-corrected chi connectivity index (χ3v) is 6.68. The summed E-state index contributed by atoms with van der Waals surface area (Å²) in [4.78, 5) is 49.5. The van der Waals surface area contributed by atoms with Crippen LogP contribution in [0.15, 0.2) is 30.3 Å². The Labute approximate surface area is 183 Å². The fourth-order valence-corrected chi connectivity index (χ4v) is 4.98. The fraction of sp³-hybridized carbons (Fsp3) is 0.500. The largest absolute Gasteiger partial charge is 0.479 e. The van der Waals surface area contributed by atoms with Gasteiger partial charge in [-0.3, -0.25) is 19.3 Å². The standard InChI is InChI=1S/C20H23ClN2O6S/c21-17(20(27)28)23-18(26)16(22-15(25)10-12-6-2-1-3-7-12)19(23)30-11-13(24)14-8-4-5-9-29-14/h1-3,6-7,14,16-17,19H,4-5,8-11H2,(H,22,25)(H,27,28)/t14-,16-,17-,19-/m1/s1. The highest BCUT2D eigenvalue weighted by Crippen LogP contribution is 2.34. The minimum Gasteiger partial charge on any atom is -0.479 e. The summed E-state index contributed by atoms with van der Waals surface area (Å²) in [6.45, 7) is 0.538. The summed E-state index contributed by atoms with van der Waals surface area (Å²) in [5.74, 6) is -2.40. The van der Waals surface area contributed by atoms with E-state index in [0.29, 0.717) is 13.0 Å². The number of β-lactam (4-membered cyclic amide) rings is 1. The Morgan fingerprint density at radius 1 is 1.27 bits per heavy atom. The molecule has 2 N–H and O–H groups in total. The Hall–Kier alpha value is -2.10. The highest BCUT2D eigenvalue weighted by molar-refractivity contribution is 8.00. The number of benzene rings is 1. The quantitative estimate of drug-likeness (QED) is 0.329. The number of ether oxygens (including phenoxy) is 1. The highest BCUT2D eigenvalue weighted by Gasteiger charge is 2.53. The van der Waals surface area contributed by atoms with Crippen molar-refractivity contribution in [2.75, 3.05) is 12.4 Å². The Kier molecular flexibility index (Phi) is 7.74. The molecule has 2 amide bonds. The van der Waals surface area contributed by atoms with E-state index in [9.17, 15) is 24.3 Å². The number of likely N-dealkylation sites (tertiary alicyclic amines) is 1. The molecule has 8 nitrogen and oxygen atoms in total. The Balaban J connectivity index is 1.62. The second kappa shape index (κ2) is 10.3. The number of hydrogen-bond donors (Lipinski definition) is 2. The summed E-state index contributed by atoms with van der Waals surface area (Å²) in [5, 5.41) is 11.1. The number of ketones is 1. The van der Waals surface area contributed by atoms with Crippen molar-refractivity contribution in [1.82, 2.24) is 10.2 Å². The molecule has 4 atom stereocenters. The number of carboxylic acids is 1. The van der Waals surface area contributed by atoms with E-state index in [1.54, 1.807) is 24.3 Å². The van der Waals surface area contributed by atoms with Crippen molar-refractivity contribution in [3.05, 3.63) is 35.9 Å². The van der Waals surface area contributed by atoms with E-state index >= 15 is 0 Å². The van der Waals surface area contributed by atoms with Crippen LogP contribution in [0.4, 0.5) is 0 Å². The third kappa shape index (κ3) is 5.33. The number of carbonyl (C=O) groups is 4. The molecule has 0 unspecified atom stereocenters. The van der Waals surface area contributed by atoms with E-state index in [1.807, 2.05) is 6.07 Å². The normalized spacial score (nSPS) is 24.6. The van der Waals surface area contributed by atoms with E-state index < -0.39 is 34.9 Å². The molecule has 1 aromatic carbocycles. The first-order valence-corrected chi connectivity index (χ1v) is 11.1. The number of thioether (sulfide) groups is 1. The summed E-state index contributed by atoms with van der Waals surface area (Å²) in [6.07, 6.45) is 2.09. The Bertz CT molecular complexity index is 802. The van der Waals surface area contributed by atoms with Crippen LogP contribution >= 0.6 is 23.4 Å². The fourth-order valence-electron chi connectivity index (χ4n) is 3.42. The number of carbonyl (C=O) groups excluding carboxylic acids is 3. The van der Waals surface area contributed by atoms with Crippen molar-refractivity contribution >= 4 is 46.9 Å². The van der Waals surface area contributed by atoms with Gasteiger partial charge in [0.05, 0.1) is 12.2 Å². The second-order valence-electron chi connectivity index (χ2n) is 7.15. The van der Waals surface area contributed by atoms with Gasteiger partial charge in [-0.25, -0.2) is 4.79 Å². The van der Waals surface area contributed by atoms with Crippen LogP contribution in [0.3, 0.4) is 0 Å². The van der Waals surface area contributed by atoms with Gasteiger partial charge in [0.1, 0.15) is 17.5 Å². The number of hydrogen-bond acceptors (Lipinski definition) is 6. The van der Waals surface area contributed by atoms with Crippen molar-refractivity contribution in [3.63, 3.8) is 0 Å². The number of amides is 2. The minimum absolute atomic E-state index is 0.0351. The number of alkyl halides is 1. The monoisotopic (exact) mass is 454 g/mol. The van der Waals surface area contributed by atoms with E-state index in [2.05, 4.69) is 5.32 Å². The number of halogens is 1. The summed E-state index contributed by atoms with van der Waals surface area (Å²) < 4.78 is 5.48. The van der Waals surface area contributed by atoms with Crippen LogP contribution in [0.5, 0.6) is 0 Å². The van der Waals surface area contributed by atoms with Crippen molar-refractivity contribution in [2.24, 2.45) is 0 Å².